The van der Waals surface area contributed by atoms with Crippen molar-refractivity contribution in [2.24, 2.45) is 0 Å². The van der Waals surface area contributed by atoms with E-state index in [1.54, 1.807) is 24.3 Å². The maximum Gasteiger partial charge on any atom is 0.269 e. The van der Waals surface area contributed by atoms with Crippen LogP contribution in [-0.2, 0) is 12.4 Å². The Kier molecular flexibility index (Phi) is 8.31. The van der Waals surface area contributed by atoms with Crippen LogP contribution in [0.15, 0.2) is 48.5 Å². The van der Waals surface area contributed by atoms with E-state index in [1.165, 1.54) is 18.2 Å². The van der Waals surface area contributed by atoms with Gasteiger partial charge in [0.1, 0.15) is 0 Å². The van der Waals surface area contributed by atoms with Gasteiger partial charge < -0.3 is 4.90 Å². The molecule has 0 N–H and O–H groups in total. The van der Waals surface area contributed by atoms with Crippen LogP contribution in [0.3, 0.4) is 0 Å². The van der Waals surface area contributed by atoms with Gasteiger partial charge >= 0.3 is 0 Å². The van der Waals surface area contributed by atoms with Crippen molar-refractivity contribution >= 4 is 23.0 Å². The highest BCUT2D eigenvalue weighted by atomic mass is 35.5. The molecule has 0 atom stereocenters. The number of nitrogens with zero attached hydrogens (tertiary/aromatic N) is 4. The van der Waals surface area contributed by atoms with E-state index >= 15 is 0 Å². The number of hydrogen-bond donors (Lipinski definition) is 0. The summed E-state index contributed by atoms with van der Waals surface area (Å²) in [4.78, 5) is 24.8. The second-order valence-electron chi connectivity index (χ2n) is 6.57. The molecular weight excluding hydrogens is 384 g/mol. The molecule has 0 bridgehead atoms. The molecule has 150 valence electrons. The molecule has 0 amide bonds. The first-order valence-electron chi connectivity index (χ1n) is 8.82. The number of alkyl halides is 1. The summed E-state index contributed by atoms with van der Waals surface area (Å²) in [6.07, 6.45) is 0. The molecule has 1 fully saturated rings. The van der Waals surface area contributed by atoms with Gasteiger partial charge in [0.25, 0.3) is 11.4 Å². The number of halogens is 1. The van der Waals surface area contributed by atoms with Gasteiger partial charge in [-0.05, 0) is 18.2 Å². The second kappa shape index (κ2) is 10.7. The number of likely N-dealkylation sites (N-methyl/N-ethyl adjacent to an activating group) is 1. The molecule has 3 rings (SSSR count). The minimum atomic E-state index is -0.434. The summed E-state index contributed by atoms with van der Waals surface area (Å²) in [5, 5.41) is 20.9. The first kappa shape index (κ1) is 21.7. The van der Waals surface area contributed by atoms with Crippen molar-refractivity contribution in [3.8, 4) is 0 Å². The number of benzene rings is 2. The standard InChI is InChI=1S/C12H17N3O2.C7H6ClNO2/c1-13-5-7-14(8-6-13)10-11-3-2-4-12(9-11)15(16)17;8-5-6-2-1-3-7(4-6)9(10)11/h2-4,9H,5-8,10H2,1H3;1-4H,5H2. The minimum absolute atomic E-state index is 0.0863. The molecule has 28 heavy (non-hydrogen) atoms. The lowest BCUT2D eigenvalue weighted by molar-refractivity contribution is -0.385. The Morgan fingerprint density at radius 2 is 1.39 bits per heavy atom. The third-order valence-electron chi connectivity index (χ3n) is 4.40. The second-order valence-corrected chi connectivity index (χ2v) is 6.83. The van der Waals surface area contributed by atoms with Crippen molar-refractivity contribution in [3.63, 3.8) is 0 Å². The molecule has 0 radical (unpaired) electrons. The van der Waals surface area contributed by atoms with E-state index in [4.69, 9.17) is 11.6 Å². The Hall–Kier alpha value is -2.55. The predicted octanol–water partition coefficient (Wildman–Crippen LogP) is 3.68. The number of rotatable bonds is 5. The SMILES string of the molecule is CN1CCN(Cc2cccc([N+](=O)[O-])c2)CC1.O=[N+]([O-])c1cccc(CCl)c1. The summed E-state index contributed by atoms with van der Waals surface area (Å²) in [6.45, 7) is 4.98. The van der Waals surface area contributed by atoms with Crippen molar-refractivity contribution in [1.82, 2.24) is 9.80 Å². The quantitative estimate of drug-likeness (QED) is 0.427. The van der Waals surface area contributed by atoms with E-state index in [-0.39, 0.29) is 16.3 Å². The number of nitro groups is 2. The van der Waals surface area contributed by atoms with Gasteiger partial charge in [-0.2, -0.15) is 0 Å². The fourth-order valence-electron chi connectivity index (χ4n) is 2.79. The molecule has 0 aliphatic carbocycles. The lowest BCUT2D eigenvalue weighted by atomic mass is 10.2. The van der Waals surface area contributed by atoms with Gasteiger partial charge in [-0.25, -0.2) is 0 Å². The van der Waals surface area contributed by atoms with Crippen LogP contribution in [0.1, 0.15) is 11.1 Å². The summed E-state index contributed by atoms with van der Waals surface area (Å²) in [5.41, 5.74) is 2.05. The van der Waals surface area contributed by atoms with Crippen LogP contribution in [0.25, 0.3) is 0 Å². The van der Waals surface area contributed by atoms with Crippen LogP contribution in [0.4, 0.5) is 11.4 Å². The zero-order valence-corrected chi connectivity index (χ0v) is 16.4. The number of hydrogen-bond acceptors (Lipinski definition) is 6. The number of non-ortho nitro benzene ring substituents is 2. The van der Waals surface area contributed by atoms with Gasteiger partial charge in [-0.15, -0.1) is 11.6 Å². The molecule has 0 aromatic heterocycles. The fraction of sp³-hybridized carbons (Fsp3) is 0.368. The lowest BCUT2D eigenvalue weighted by Crippen LogP contribution is -2.43. The summed E-state index contributed by atoms with van der Waals surface area (Å²) in [7, 11) is 2.12. The monoisotopic (exact) mass is 406 g/mol. The van der Waals surface area contributed by atoms with Crippen LogP contribution in [-0.4, -0.2) is 52.9 Å². The Balaban J connectivity index is 0.000000221. The van der Waals surface area contributed by atoms with E-state index in [2.05, 4.69) is 16.8 Å². The minimum Gasteiger partial charge on any atom is -0.304 e. The molecule has 1 saturated heterocycles. The van der Waals surface area contributed by atoms with Crippen LogP contribution in [0, 0.1) is 20.2 Å². The van der Waals surface area contributed by atoms with Crippen molar-refractivity contribution in [2.45, 2.75) is 12.4 Å². The highest BCUT2D eigenvalue weighted by molar-refractivity contribution is 6.17. The van der Waals surface area contributed by atoms with E-state index in [0.29, 0.717) is 5.88 Å². The van der Waals surface area contributed by atoms with Crippen molar-refractivity contribution < 1.29 is 9.85 Å². The Morgan fingerprint density at radius 3 is 1.89 bits per heavy atom. The van der Waals surface area contributed by atoms with Gasteiger partial charge in [0.2, 0.25) is 0 Å². The lowest BCUT2D eigenvalue weighted by Gasteiger charge is -2.32. The predicted molar refractivity (Wildman–Crippen MR) is 109 cm³/mol. The van der Waals surface area contributed by atoms with Gasteiger partial charge in [0, 0.05) is 62.9 Å². The summed E-state index contributed by atoms with van der Waals surface area (Å²) < 4.78 is 0. The first-order chi connectivity index (χ1) is 13.4. The highest BCUT2D eigenvalue weighted by Gasteiger charge is 2.15. The highest BCUT2D eigenvalue weighted by Crippen LogP contribution is 2.15. The Morgan fingerprint density at radius 1 is 0.893 bits per heavy atom. The zero-order valence-electron chi connectivity index (χ0n) is 15.7. The smallest absolute Gasteiger partial charge is 0.269 e. The van der Waals surface area contributed by atoms with Gasteiger partial charge in [0.15, 0.2) is 0 Å². The van der Waals surface area contributed by atoms with Crippen LogP contribution in [0.5, 0.6) is 0 Å². The average Bonchev–Trinajstić information content (AvgIpc) is 2.70. The topological polar surface area (TPSA) is 92.8 Å². The molecule has 0 spiro atoms. The molecule has 0 saturated carbocycles. The number of nitro benzene ring substituents is 2. The molecule has 1 heterocycles. The van der Waals surface area contributed by atoms with E-state index in [0.717, 1.165) is 43.9 Å². The molecule has 1 aliphatic rings. The van der Waals surface area contributed by atoms with E-state index in [1.807, 2.05) is 6.07 Å². The Labute approximate surface area is 168 Å². The molecule has 0 unspecified atom stereocenters. The number of piperazine rings is 1. The van der Waals surface area contributed by atoms with E-state index in [9.17, 15) is 20.2 Å². The van der Waals surface area contributed by atoms with Gasteiger partial charge in [-0.1, -0.05) is 24.3 Å². The fourth-order valence-corrected chi connectivity index (χ4v) is 2.95. The van der Waals surface area contributed by atoms with Crippen LogP contribution < -0.4 is 0 Å². The normalized spacial score (nSPS) is 14.8. The zero-order chi connectivity index (χ0) is 20.5. The van der Waals surface area contributed by atoms with Crippen LogP contribution in [0.2, 0.25) is 0 Å². The largest absolute Gasteiger partial charge is 0.304 e. The van der Waals surface area contributed by atoms with Crippen molar-refractivity contribution in [3.05, 3.63) is 79.9 Å². The average molecular weight is 407 g/mol. The van der Waals surface area contributed by atoms with Crippen molar-refractivity contribution in [1.29, 1.82) is 0 Å². The molecule has 9 heteroatoms. The summed E-state index contributed by atoms with van der Waals surface area (Å²) in [6, 6.07) is 13.2. The van der Waals surface area contributed by atoms with E-state index < -0.39 is 4.92 Å². The third-order valence-corrected chi connectivity index (χ3v) is 4.71. The van der Waals surface area contributed by atoms with Gasteiger partial charge in [-0.3, -0.25) is 25.1 Å². The van der Waals surface area contributed by atoms with Gasteiger partial charge in [0.05, 0.1) is 9.85 Å². The summed E-state index contributed by atoms with van der Waals surface area (Å²) >= 11 is 5.48. The molecular formula is C19H23ClN4O4. The Bertz CT molecular complexity index is 810. The first-order valence-corrected chi connectivity index (χ1v) is 9.36. The van der Waals surface area contributed by atoms with Crippen LogP contribution >= 0.6 is 11.6 Å². The maximum absolute atomic E-state index is 10.7. The maximum atomic E-state index is 10.7. The molecule has 8 nitrogen and oxygen atoms in total. The molecule has 1 aliphatic heterocycles. The summed E-state index contributed by atoms with van der Waals surface area (Å²) in [5.74, 6) is 0.307. The third kappa shape index (κ3) is 6.88. The molecule has 2 aromatic rings. The van der Waals surface area contributed by atoms with Crippen molar-refractivity contribution in [2.75, 3.05) is 33.2 Å². The molecule has 2 aromatic carbocycles.